The van der Waals surface area contributed by atoms with Crippen LogP contribution in [0.1, 0.15) is 20.3 Å². The Morgan fingerprint density at radius 2 is 1.81 bits per heavy atom. The second-order valence-corrected chi connectivity index (χ2v) is 8.73. The molecule has 0 bridgehead atoms. The number of aryl methyl sites for hydroxylation is 1. The van der Waals surface area contributed by atoms with Gasteiger partial charge in [0, 0.05) is 25.1 Å². The van der Waals surface area contributed by atoms with Crippen LogP contribution in [0.15, 0.2) is 53.5 Å². The summed E-state index contributed by atoms with van der Waals surface area (Å²) in [5.41, 5.74) is 1.44. The maximum atomic E-state index is 12.4. The highest BCUT2D eigenvalue weighted by molar-refractivity contribution is 7.92. The van der Waals surface area contributed by atoms with Crippen molar-refractivity contribution < 1.29 is 17.9 Å². The number of nitrogens with zero attached hydrogens (tertiary/aromatic N) is 1. The Kier molecular flexibility index (Phi) is 6.02. The molecule has 0 saturated heterocycles. The van der Waals surface area contributed by atoms with Crippen LogP contribution in [0.4, 0.5) is 0 Å². The zero-order chi connectivity index (χ0) is 19.4. The Labute approximate surface area is 153 Å². The molecule has 0 amide bonds. The van der Waals surface area contributed by atoms with Gasteiger partial charge in [0.25, 0.3) is 5.56 Å². The molecule has 0 saturated carbocycles. The number of sulfone groups is 1. The van der Waals surface area contributed by atoms with Crippen molar-refractivity contribution in [1.29, 1.82) is 0 Å². The first kappa shape index (κ1) is 19.9. The number of hydrogen-bond acceptors (Lipinski definition) is 5. The van der Waals surface area contributed by atoms with Crippen molar-refractivity contribution in [3.63, 3.8) is 0 Å². The Bertz CT molecular complexity index is 934. The van der Waals surface area contributed by atoms with Crippen molar-refractivity contribution in [3.05, 3.63) is 59.0 Å². The van der Waals surface area contributed by atoms with Crippen LogP contribution in [0.2, 0.25) is 0 Å². The van der Waals surface area contributed by atoms with E-state index in [1.807, 2.05) is 30.3 Å². The van der Waals surface area contributed by atoms with E-state index in [1.54, 1.807) is 19.2 Å². The molecule has 1 aromatic heterocycles. The molecule has 2 aromatic rings. The van der Waals surface area contributed by atoms with Crippen molar-refractivity contribution in [2.45, 2.75) is 31.6 Å². The lowest BCUT2D eigenvalue weighted by molar-refractivity contribution is -0.146. The van der Waals surface area contributed by atoms with Gasteiger partial charge >= 0.3 is 5.97 Å². The van der Waals surface area contributed by atoms with Gasteiger partial charge in [-0.2, -0.15) is 0 Å². The summed E-state index contributed by atoms with van der Waals surface area (Å²) in [4.78, 5) is 24.5. The van der Waals surface area contributed by atoms with Crippen molar-refractivity contribution in [3.8, 4) is 11.1 Å². The average molecular weight is 377 g/mol. The molecule has 1 atom stereocenters. The predicted molar refractivity (Wildman–Crippen MR) is 101 cm³/mol. The zero-order valence-corrected chi connectivity index (χ0v) is 16.0. The van der Waals surface area contributed by atoms with Crippen molar-refractivity contribution >= 4 is 15.8 Å². The molecule has 1 aromatic carbocycles. The number of hydrogen-bond donors (Lipinski definition) is 0. The van der Waals surface area contributed by atoms with Crippen LogP contribution in [0.5, 0.6) is 0 Å². The fraction of sp³-hybridized carbons (Fsp3) is 0.368. The van der Waals surface area contributed by atoms with E-state index in [0.717, 1.165) is 17.4 Å². The fourth-order valence-electron chi connectivity index (χ4n) is 2.56. The van der Waals surface area contributed by atoms with Gasteiger partial charge in [-0.15, -0.1) is 0 Å². The van der Waals surface area contributed by atoms with Gasteiger partial charge in [0.05, 0.1) is 6.61 Å². The molecule has 0 aliphatic heterocycles. The van der Waals surface area contributed by atoms with E-state index < -0.39 is 20.6 Å². The SMILES string of the molecule is CCOC(=O)C(C)(CCn1ccc(-c2ccccc2)cc1=O)S(C)(=O)=O. The number of ether oxygens (including phenoxy) is 1. The third-order valence-corrected chi connectivity index (χ3v) is 6.47. The molecule has 0 spiro atoms. The standard InChI is InChI=1S/C19H23NO5S/c1-4-25-18(22)19(2,26(3,23)24)11-13-20-12-10-16(14-17(20)21)15-8-6-5-7-9-15/h5-10,12,14H,4,11,13H2,1-3H3. The number of benzene rings is 1. The van der Waals surface area contributed by atoms with Gasteiger partial charge in [0.2, 0.25) is 0 Å². The molecule has 0 radical (unpaired) electrons. The predicted octanol–water partition coefficient (Wildman–Crippen LogP) is 2.27. The highest BCUT2D eigenvalue weighted by Gasteiger charge is 2.44. The number of carbonyl (C=O) groups is 1. The van der Waals surface area contributed by atoms with E-state index in [2.05, 4.69) is 0 Å². The number of rotatable bonds is 7. The zero-order valence-electron chi connectivity index (χ0n) is 15.1. The Hall–Kier alpha value is -2.41. The minimum atomic E-state index is -3.71. The number of esters is 1. The molecular weight excluding hydrogens is 354 g/mol. The lowest BCUT2D eigenvalue weighted by atomic mass is 10.1. The van der Waals surface area contributed by atoms with Gasteiger partial charge < -0.3 is 9.30 Å². The quantitative estimate of drug-likeness (QED) is 0.691. The largest absolute Gasteiger partial charge is 0.465 e. The van der Waals surface area contributed by atoms with E-state index in [-0.39, 0.29) is 25.1 Å². The van der Waals surface area contributed by atoms with E-state index in [9.17, 15) is 18.0 Å². The molecule has 7 heteroatoms. The second-order valence-electron chi connectivity index (χ2n) is 6.29. The molecule has 6 nitrogen and oxygen atoms in total. The summed E-state index contributed by atoms with van der Waals surface area (Å²) >= 11 is 0. The second kappa shape index (κ2) is 7.86. The van der Waals surface area contributed by atoms with Crippen LogP contribution in [0, 0.1) is 0 Å². The lowest BCUT2D eigenvalue weighted by Gasteiger charge is -2.25. The maximum Gasteiger partial charge on any atom is 0.327 e. The van der Waals surface area contributed by atoms with Gasteiger partial charge in [-0.3, -0.25) is 9.59 Å². The van der Waals surface area contributed by atoms with E-state index in [0.29, 0.717) is 0 Å². The molecule has 1 unspecified atom stereocenters. The molecule has 0 aliphatic carbocycles. The summed E-state index contributed by atoms with van der Waals surface area (Å²) in [5, 5.41) is 0. The molecule has 1 heterocycles. The molecule has 0 fully saturated rings. The van der Waals surface area contributed by atoms with Crippen molar-refractivity contribution in [1.82, 2.24) is 4.57 Å². The molecule has 0 aliphatic rings. The van der Waals surface area contributed by atoms with E-state index in [4.69, 9.17) is 4.74 Å². The fourth-order valence-corrected chi connectivity index (χ4v) is 3.38. The topological polar surface area (TPSA) is 82.4 Å². The number of aromatic nitrogens is 1. The van der Waals surface area contributed by atoms with E-state index >= 15 is 0 Å². The Balaban J connectivity index is 2.25. The first-order valence-corrected chi connectivity index (χ1v) is 10.2. The minimum Gasteiger partial charge on any atom is -0.465 e. The first-order chi connectivity index (χ1) is 12.2. The monoisotopic (exact) mass is 377 g/mol. The Morgan fingerprint density at radius 1 is 1.15 bits per heavy atom. The smallest absolute Gasteiger partial charge is 0.327 e. The summed E-state index contributed by atoms with van der Waals surface area (Å²) in [6, 6.07) is 12.8. The van der Waals surface area contributed by atoms with Crippen LogP contribution < -0.4 is 5.56 Å². The minimum absolute atomic E-state index is 0.0464. The molecule has 26 heavy (non-hydrogen) atoms. The maximum absolute atomic E-state index is 12.4. The highest BCUT2D eigenvalue weighted by Crippen LogP contribution is 2.24. The van der Waals surface area contributed by atoms with Crippen LogP contribution in [0.3, 0.4) is 0 Å². The summed E-state index contributed by atoms with van der Waals surface area (Å²) in [6.07, 6.45) is 2.57. The van der Waals surface area contributed by atoms with Gasteiger partial charge in [-0.05, 0) is 37.5 Å². The molecule has 140 valence electrons. The third-order valence-electron chi connectivity index (χ3n) is 4.46. The summed E-state index contributed by atoms with van der Waals surface area (Å²) < 4.78 is 28.9. The third kappa shape index (κ3) is 4.22. The highest BCUT2D eigenvalue weighted by atomic mass is 32.2. The van der Waals surface area contributed by atoms with Gasteiger partial charge in [0.15, 0.2) is 14.6 Å². The number of pyridine rings is 1. The van der Waals surface area contributed by atoms with Gasteiger partial charge in [-0.1, -0.05) is 30.3 Å². The van der Waals surface area contributed by atoms with Crippen LogP contribution >= 0.6 is 0 Å². The molecular formula is C19H23NO5S. The van der Waals surface area contributed by atoms with Crippen LogP contribution in [-0.2, 0) is 25.9 Å². The van der Waals surface area contributed by atoms with Crippen molar-refractivity contribution in [2.24, 2.45) is 0 Å². The summed E-state index contributed by atoms with van der Waals surface area (Å²) in [6.45, 7) is 3.14. The van der Waals surface area contributed by atoms with E-state index in [1.165, 1.54) is 17.6 Å². The summed E-state index contributed by atoms with van der Waals surface area (Å²) in [7, 11) is -3.71. The number of carbonyl (C=O) groups excluding carboxylic acids is 1. The van der Waals surface area contributed by atoms with Crippen molar-refractivity contribution in [2.75, 3.05) is 12.9 Å². The average Bonchev–Trinajstić information content (AvgIpc) is 2.60. The van der Waals surface area contributed by atoms with Gasteiger partial charge in [-0.25, -0.2) is 8.42 Å². The lowest BCUT2D eigenvalue weighted by Crippen LogP contribution is -2.45. The molecule has 0 N–H and O–H groups in total. The van der Waals surface area contributed by atoms with Crippen LogP contribution in [0.25, 0.3) is 11.1 Å². The normalized spacial score (nSPS) is 13.8. The Morgan fingerprint density at radius 3 is 2.35 bits per heavy atom. The van der Waals surface area contributed by atoms with Gasteiger partial charge in [0.1, 0.15) is 0 Å². The first-order valence-electron chi connectivity index (χ1n) is 8.32. The van der Waals surface area contributed by atoms with Crippen LogP contribution in [-0.4, -0.2) is 36.6 Å². The summed E-state index contributed by atoms with van der Waals surface area (Å²) in [5.74, 6) is -0.795. The molecule has 2 rings (SSSR count).